The van der Waals surface area contributed by atoms with Gasteiger partial charge >= 0.3 is 0 Å². The number of benzene rings is 1. The number of anilines is 2. The van der Waals surface area contributed by atoms with Crippen molar-refractivity contribution in [1.29, 1.82) is 0 Å². The summed E-state index contributed by atoms with van der Waals surface area (Å²) in [4.78, 5) is 1.92. The summed E-state index contributed by atoms with van der Waals surface area (Å²) < 4.78 is 25.2. The second-order valence-electron chi connectivity index (χ2n) is 3.45. The van der Waals surface area contributed by atoms with Crippen LogP contribution in [-0.2, 0) is 10.0 Å². The molecule has 0 aliphatic carbocycles. The van der Waals surface area contributed by atoms with Crippen molar-refractivity contribution in [2.75, 3.05) is 29.5 Å². The van der Waals surface area contributed by atoms with Crippen molar-refractivity contribution >= 4 is 21.4 Å². The van der Waals surface area contributed by atoms with Crippen molar-refractivity contribution in [3.05, 3.63) is 24.3 Å². The number of hydrogen-bond donors (Lipinski definition) is 1. The quantitative estimate of drug-likeness (QED) is 0.850. The minimum absolute atomic E-state index is 0.0825. The first-order valence-corrected chi connectivity index (χ1v) is 6.37. The van der Waals surface area contributed by atoms with Crippen LogP contribution in [0.1, 0.15) is 6.92 Å². The topological polar surface area (TPSA) is 49.4 Å². The van der Waals surface area contributed by atoms with Gasteiger partial charge in [-0.3, -0.25) is 4.72 Å². The molecule has 5 heteroatoms. The molecular weight excluding hydrogens is 212 g/mol. The molecule has 0 unspecified atom stereocenters. The molecule has 84 valence electrons. The zero-order chi connectivity index (χ0) is 11.5. The van der Waals surface area contributed by atoms with E-state index in [0.717, 1.165) is 5.69 Å². The molecule has 0 aromatic heterocycles. The van der Waals surface area contributed by atoms with Crippen LogP contribution in [0.4, 0.5) is 11.4 Å². The van der Waals surface area contributed by atoms with Crippen molar-refractivity contribution in [2.45, 2.75) is 6.92 Å². The Morgan fingerprint density at radius 3 is 2.53 bits per heavy atom. The van der Waals surface area contributed by atoms with Crippen LogP contribution in [0.15, 0.2) is 24.3 Å². The van der Waals surface area contributed by atoms with Crippen LogP contribution in [0.5, 0.6) is 0 Å². The average Bonchev–Trinajstić information content (AvgIpc) is 2.17. The third-order valence-electron chi connectivity index (χ3n) is 2.02. The SMILES string of the molecule is CCS(=O)(=O)Nc1cccc(N(C)C)c1. The maximum absolute atomic E-state index is 11.3. The molecule has 0 heterocycles. The number of nitrogens with one attached hydrogen (secondary N) is 1. The molecule has 1 aromatic rings. The van der Waals surface area contributed by atoms with Gasteiger partial charge in [0.05, 0.1) is 11.4 Å². The van der Waals surface area contributed by atoms with E-state index in [0.29, 0.717) is 5.69 Å². The van der Waals surface area contributed by atoms with Crippen LogP contribution in [0, 0.1) is 0 Å². The number of rotatable bonds is 4. The predicted octanol–water partition coefficient (Wildman–Crippen LogP) is 1.51. The lowest BCUT2D eigenvalue weighted by molar-refractivity contribution is 0.602. The molecule has 0 spiro atoms. The van der Waals surface area contributed by atoms with E-state index in [9.17, 15) is 8.42 Å². The summed E-state index contributed by atoms with van der Waals surface area (Å²) in [6.45, 7) is 1.61. The van der Waals surface area contributed by atoms with Gasteiger partial charge in [-0.2, -0.15) is 0 Å². The fourth-order valence-corrected chi connectivity index (χ4v) is 1.73. The predicted molar refractivity (Wildman–Crippen MR) is 63.9 cm³/mol. The Morgan fingerprint density at radius 1 is 1.33 bits per heavy atom. The molecule has 0 aliphatic heterocycles. The third-order valence-corrected chi connectivity index (χ3v) is 3.32. The molecule has 15 heavy (non-hydrogen) atoms. The van der Waals surface area contributed by atoms with Crippen molar-refractivity contribution in [3.63, 3.8) is 0 Å². The second-order valence-corrected chi connectivity index (χ2v) is 5.46. The van der Waals surface area contributed by atoms with E-state index in [2.05, 4.69) is 4.72 Å². The minimum atomic E-state index is -3.18. The Balaban J connectivity index is 2.92. The molecule has 0 amide bonds. The van der Waals surface area contributed by atoms with Crippen LogP contribution < -0.4 is 9.62 Å². The molecule has 1 aromatic carbocycles. The van der Waals surface area contributed by atoms with Gasteiger partial charge in [0.2, 0.25) is 10.0 Å². The van der Waals surface area contributed by atoms with E-state index < -0.39 is 10.0 Å². The van der Waals surface area contributed by atoms with E-state index in [1.165, 1.54) is 0 Å². The first-order valence-electron chi connectivity index (χ1n) is 4.72. The van der Waals surface area contributed by atoms with E-state index in [1.54, 1.807) is 19.1 Å². The van der Waals surface area contributed by atoms with Gasteiger partial charge in [0, 0.05) is 19.8 Å². The summed E-state index contributed by atoms with van der Waals surface area (Å²) in [6, 6.07) is 7.28. The summed E-state index contributed by atoms with van der Waals surface area (Å²) in [5.74, 6) is 0.0825. The summed E-state index contributed by atoms with van der Waals surface area (Å²) in [7, 11) is 0.637. The Labute approximate surface area is 91.0 Å². The number of nitrogens with zero attached hydrogens (tertiary/aromatic N) is 1. The molecule has 0 saturated heterocycles. The largest absolute Gasteiger partial charge is 0.378 e. The lowest BCUT2D eigenvalue weighted by atomic mass is 10.3. The van der Waals surface area contributed by atoms with Crippen LogP contribution >= 0.6 is 0 Å². The Morgan fingerprint density at radius 2 is 2.00 bits per heavy atom. The molecule has 1 rings (SSSR count). The molecular formula is C10H16N2O2S. The molecule has 4 nitrogen and oxygen atoms in total. The lowest BCUT2D eigenvalue weighted by Gasteiger charge is -2.14. The summed E-state index contributed by atoms with van der Waals surface area (Å²) in [5.41, 5.74) is 1.56. The fraction of sp³-hybridized carbons (Fsp3) is 0.400. The van der Waals surface area contributed by atoms with Crippen LogP contribution in [0.2, 0.25) is 0 Å². The summed E-state index contributed by atoms with van der Waals surface area (Å²) >= 11 is 0. The summed E-state index contributed by atoms with van der Waals surface area (Å²) in [6.07, 6.45) is 0. The molecule has 0 bridgehead atoms. The highest BCUT2D eigenvalue weighted by atomic mass is 32.2. The zero-order valence-corrected chi connectivity index (χ0v) is 10.0. The van der Waals surface area contributed by atoms with E-state index in [4.69, 9.17) is 0 Å². The Kier molecular flexibility index (Phi) is 3.57. The zero-order valence-electron chi connectivity index (χ0n) is 9.19. The molecule has 0 radical (unpaired) electrons. The fourth-order valence-electron chi connectivity index (χ4n) is 1.10. The third kappa shape index (κ3) is 3.43. The van der Waals surface area contributed by atoms with Crippen molar-refractivity contribution in [3.8, 4) is 0 Å². The summed E-state index contributed by atoms with van der Waals surface area (Å²) in [5, 5.41) is 0. The van der Waals surface area contributed by atoms with Gasteiger partial charge in [-0.15, -0.1) is 0 Å². The van der Waals surface area contributed by atoms with Gasteiger partial charge in [-0.25, -0.2) is 8.42 Å². The first kappa shape index (κ1) is 11.8. The number of sulfonamides is 1. The van der Waals surface area contributed by atoms with Gasteiger partial charge in [0.25, 0.3) is 0 Å². The van der Waals surface area contributed by atoms with Gasteiger partial charge in [-0.1, -0.05) is 6.07 Å². The van der Waals surface area contributed by atoms with Crippen LogP contribution in [-0.4, -0.2) is 28.3 Å². The van der Waals surface area contributed by atoms with E-state index in [-0.39, 0.29) is 5.75 Å². The monoisotopic (exact) mass is 228 g/mol. The molecule has 0 atom stereocenters. The van der Waals surface area contributed by atoms with Gasteiger partial charge < -0.3 is 4.90 Å². The van der Waals surface area contributed by atoms with Crippen molar-refractivity contribution in [2.24, 2.45) is 0 Å². The maximum Gasteiger partial charge on any atom is 0.232 e. The molecule has 0 saturated carbocycles. The standard InChI is InChI=1S/C10H16N2O2S/c1-4-15(13,14)11-9-6-5-7-10(8-9)12(2)3/h5-8,11H,4H2,1-3H3. The normalized spacial score (nSPS) is 11.1. The van der Waals surface area contributed by atoms with E-state index in [1.807, 2.05) is 31.1 Å². The molecule has 0 fully saturated rings. The van der Waals surface area contributed by atoms with Gasteiger partial charge in [-0.05, 0) is 25.1 Å². The Bertz CT molecular complexity index is 427. The first-order chi connectivity index (χ1) is 6.94. The van der Waals surface area contributed by atoms with Gasteiger partial charge in [0.15, 0.2) is 0 Å². The van der Waals surface area contributed by atoms with Crippen LogP contribution in [0.3, 0.4) is 0 Å². The van der Waals surface area contributed by atoms with Crippen molar-refractivity contribution in [1.82, 2.24) is 0 Å². The highest BCUT2D eigenvalue weighted by molar-refractivity contribution is 7.92. The maximum atomic E-state index is 11.3. The molecule has 0 aliphatic rings. The highest BCUT2D eigenvalue weighted by Gasteiger charge is 2.06. The van der Waals surface area contributed by atoms with Crippen molar-refractivity contribution < 1.29 is 8.42 Å². The lowest BCUT2D eigenvalue weighted by Crippen LogP contribution is -2.15. The van der Waals surface area contributed by atoms with Crippen LogP contribution in [0.25, 0.3) is 0 Å². The average molecular weight is 228 g/mol. The highest BCUT2D eigenvalue weighted by Crippen LogP contribution is 2.18. The second kappa shape index (κ2) is 4.53. The number of hydrogen-bond acceptors (Lipinski definition) is 3. The molecule has 1 N–H and O–H groups in total. The van der Waals surface area contributed by atoms with E-state index >= 15 is 0 Å². The van der Waals surface area contributed by atoms with Gasteiger partial charge in [0.1, 0.15) is 0 Å². The minimum Gasteiger partial charge on any atom is -0.378 e. The smallest absolute Gasteiger partial charge is 0.232 e. The Hall–Kier alpha value is -1.23.